The molecule has 0 saturated carbocycles. The van der Waals surface area contributed by atoms with E-state index in [1.165, 1.54) is 7.11 Å². The summed E-state index contributed by atoms with van der Waals surface area (Å²) in [6.45, 7) is 4.87. The first-order chi connectivity index (χ1) is 10.2. The highest BCUT2D eigenvalue weighted by Gasteiger charge is 2.43. The molecule has 0 bridgehead atoms. The van der Waals surface area contributed by atoms with Gasteiger partial charge in [-0.3, -0.25) is 10.1 Å². The lowest BCUT2D eigenvalue weighted by Gasteiger charge is -2.32. The number of ether oxygens (including phenoxy) is 3. The molecular formula is C15H22N2O5. The van der Waals surface area contributed by atoms with Gasteiger partial charge in [0.05, 0.1) is 0 Å². The monoisotopic (exact) mass is 310 g/mol. The van der Waals surface area contributed by atoms with Crippen LogP contribution in [0.2, 0.25) is 0 Å². The number of nitrogens with one attached hydrogen (secondary N) is 1. The van der Waals surface area contributed by atoms with E-state index in [-0.39, 0.29) is 6.79 Å². The number of hydrogen-bond acceptors (Lipinski definition) is 5. The molecule has 1 rings (SSSR count). The van der Waals surface area contributed by atoms with Gasteiger partial charge < -0.3 is 19.9 Å². The minimum Gasteiger partial charge on any atom is -0.444 e. The van der Waals surface area contributed by atoms with Gasteiger partial charge in [-0.15, -0.1) is 0 Å². The van der Waals surface area contributed by atoms with Gasteiger partial charge in [-0.2, -0.15) is 0 Å². The molecule has 1 aromatic carbocycles. The van der Waals surface area contributed by atoms with Gasteiger partial charge in [0.15, 0.2) is 0 Å². The fraction of sp³-hybridized carbons (Fsp3) is 0.467. The van der Waals surface area contributed by atoms with Crippen LogP contribution in [0.1, 0.15) is 26.3 Å². The molecule has 0 spiro atoms. The minimum atomic E-state index is -1.88. The van der Waals surface area contributed by atoms with Crippen molar-refractivity contribution >= 4 is 12.0 Å². The molecular weight excluding hydrogens is 288 g/mol. The third-order valence-electron chi connectivity index (χ3n) is 2.60. The number of alkyl carbamates (subject to hydrolysis) is 1. The van der Waals surface area contributed by atoms with Crippen LogP contribution in [0.25, 0.3) is 0 Å². The Hall–Kier alpha value is -2.12. The van der Waals surface area contributed by atoms with Crippen molar-refractivity contribution in [2.45, 2.75) is 32.1 Å². The van der Waals surface area contributed by atoms with Crippen molar-refractivity contribution in [2.75, 3.05) is 13.9 Å². The average Bonchev–Trinajstić information content (AvgIpc) is 2.42. The molecule has 1 aromatic rings. The quantitative estimate of drug-likeness (QED) is 0.775. The molecule has 22 heavy (non-hydrogen) atoms. The van der Waals surface area contributed by atoms with Gasteiger partial charge in [0, 0.05) is 12.7 Å². The Morgan fingerprint density at radius 1 is 1.18 bits per heavy atom. The van der Waals surface area contributed by atoms with Crippen LogP contribution < -0.4 is 11.1 Å². The first-order valence-electron chi connectivity index (χ1n) is 6.71. The molecule has 0 aliphatic carbocycles. The van der Waals surface area contributed by atoms with Gasteiger partial charge in [-0.05, 0) is 20.8 Å². The van der Waals surface area contributed by atoms with E-state index in [0.29, 0.717) is 5.56 Å². The summed E-state index contributed by atoms with van der Waals surface area (Å²) in [5.74, 6) is -0.887. The van der Waals surface area contributed by atoms with Crippen LogP contribution in [-0.4, -0.2) is 31.5 Å². The number of primary amides is 1. The first-order valence-corrected chi connectivity index (χ1v) is 6.71. The second-order valence-corrected chi connectivity index (χ2v) is 5.59. The van der Waals surface area contributed by atoms with Crippen molar-refractivity contribution in [1.82, 2.24) is 5.32 Å². The van der Waals surface area contributed by atoms with Crippen LogP contribution in [0.5, 0.6) is 0 Å². The predicted octanol–water partition coefficient (Wildman–Crippen LogP) is 1.47. The van der Waals surface area contributed by atoms with E-state index in [4.69, 9.17) is 19.9 Å². The number of hydrogen-bond donors (Lipinski definition) is 2. The maximum absolute atomic E-state index is 12.1. The predicted molar refractivity (Wildman–Crippen MR) is 79.6 cm³/mol. The molecule has 2 amide bonds. The summed E-state index contributed by atoms with van der Waals surface area (Å²) < 4.78 is 15.4. The lowest BCUT2D eigenvalue weighted by atomic mass is 10.0. The van der Waals surface area contributed by atoms with Gasteiger partial charge >= 0.3 is 6.09 Å². The Kier molecular flexibility index (Phi) is 5.90. The number of carbonyl (C=O) groups excluding carboxylic acids is 2. The molecule has 0 heterocycles. The van der Waals surface area contributed by atoms with Gasteiger partial charge in [0.25, 0.3) is 11.6 Å². The van der Waals surface area contributed by atoms with E-state index in [1.807, 2.05) is 0 Å². The summed E-state index contributed by atoms with van der Waals surface area (Å²) in [4.78, 5) is 24.1. The molecule has 0 aliphatic heterocycles. The summed E-state index contributed by atoms with van der Waals surface area (Å²) in [5, 5.41) is 2.40. The highest BCUT2D eigenvalue weighted by atomic mass is 16.7. The van der Waals surface area contributed by atoms with Crippen LogP contribution in [0.3, 0.4) is 0 Å². The molecule has 3 N–H and O–H groups in total. The fourth-order valence-corrected chi connectivity index (χ4v) is 1.73. The van der Waals surface area contributed by atoms with E-state index in [0.717, 1.165) is 0 Å². The zero-order valence-electron chi connectivity index (χ0n) is 13.2. The molecule has 0 aromatic heterocycles. The Morgan fingerprint density at radius 2 is 1.77 bits per heavy atom. The van der Waals surface area contributed by atoms with Gasteiger partial charge in [0.1, 0.15) is 12.4 Å². The first kappa shape index (κ1) is 17.9. The van der Waals surface area contributed by atoms with Crippen molar-refractivity contribution < 1.29 is 23.8 Å². The van der Waals surface area contributed by atoms with Crippen LogP contribution in [0.4, 0.5) is 4.79 Å². The second-order valence-electron chi connectivity index (χ2n) is 5.59. The topological polar surface area (TPSA) is 99.9 Å². The largest absolute Gasteiger partial charge is 0.444 e. The van der Waals surface area contributed by atoms with Crippen molar-refractivity contribution in [1.29, 1.82) is 0 Å². The fourth-order valence-electron chi connectivity index (χ4n) is 1.73. The molecule has 1 atom stereocenters. The Morgan fingerprint density at radius 3 is 2.23 bits per heavy atom. The number of benzene rings is 1. The zero-order valence-corrected chi connectivity index (χ0v) is 13.2. The summed E-state index contributed by atoms with van der Waals surface area (Å²) in [6, 6.07) is 8.37. The smallest absolute Gasteiger partial charge is 0.410 e. The summed E-state index contributed by atoms with van der Waals surface area (Å²) in [6.07, 6.45) is -0.828. The number of nitrogens with two attached hydrogens (primary N) is 1. The molecule has 0 fully saturated rings. The van der Waals surface area contributed by atoms with Crippen molar-refractivity contribution in [3.63, 3.8) is 0 Å². The number of methoxy groups -OCH3 is 1. The van der Waals surface area contributed by atoms with Crippen molar-refractivity contribution in [3.8, 4) is 0 Å². The highest BCUT2D eigenvalue weighted by molar-refractivity contribution is 5.88. The van der Waals surface area contributed by atoms with Crippen LogP contribution in [-0.2, 0) is 24.7 Å². The van der Waals surface area contributed by atoms with E-state index < -0.39 is 23.3 Å². The maximum Gasteiger partial charge on any atom is 0.410 e. The molecule has 7 nitrogen and oxygen atoms in total. The lowest BCUT2D eigenvalue weighted by Crippen LogP contribution is -2.57. The number of carbonyl (C=O) groups is 2. The summed E-state index contributed by atoms with van der Waals surface area (Å²) in [7, 11) is 1.39. The Labute approximate surface area is 129 Å². The van der Waals surface area contributed by atoms with Crippen LogP contribution in [0.15, 0.2) is 30.3 Å². The number of amides is 2. The van der Waals surface area contributed by atoms with Crippen molar-refractivity contribution in [2.24, 2.45) is 5.73 Å². The van der Waals surface area contributed by atoms with E-state index in [9.17, 15) is 9.59 Å². The maximum atomic E-state index is 12.1. The summed E-state index contributed by atoms with van der Waals surface area (Å²) >= 11 is 0. The lowest BCUT2D eigenvalue weighted by molar-refractivity contribution is -0.172. The third-order valence-corrected chi connectivity index (χ3v) is 2.60. The molecule has 122 valence electrons. The molecule has 7 heteroatoms. The zero-order chi connectivity index (χ0) is 16.8. The molecule has 0 aliphatic rings. The normalized spacial score (nSPS) is 14.0. The molecule has 0 radical (unpaired) electrons. The van der Waals surface area contributed by atoms with Crippen LogP contribution in [0, 0.1) is 0 Å². The van der Waals surface area contributed by atoms with E-state index >= 15 is 0 Å². The molecule has 1 unspecified atom stereocenters. The Balaban J connectivity index is 3.14. The van der Waals surface area contributed by atoms with Crippen molar-refractivity contribution in [3.05, 3.63) is 35.9 Å². The van der Waals surface area contributed by atoms with Gasteiger partial charge in [-0.1, -0.05) is 30.3 Å². The number of rotatable bonds is 6. The second kappa shape index (κ2) is 7.24. The Bertz CT molecular complexity index is 512. The minimum absolute atomic E-state index is 0.242. The van der Waals surface area contributed by atoms with Gasteiger partial charge in [-0.25, -0.2) is 4.79 Å². The SMILES string of the molecule is COCOC(NC(=O)OC(C)(C)C)(C(N)=O)c1ccccc1. The standard InChI is InChI=1S/C15H22N2O5/c1-14(2,3)22-13(19)17-15(12(16)18,21-10-20-4)11-8-6-5-7-9-11/h5-9H,10H2,1-4H3,(H2,16,18)(H,17,19). The molecule has 0 saturated heterocycles. The average molecular weight is 310 g/mol. The van der Waals surface area contributed by atoms with Crippen LogP contribution >= 0.6 is 0 Å². The third kappa shape index (κ3) is 4.71. The highest BCUT2D eigenvalue weighted by Crippen LogP contribution is 2.23. The van der Waals surface area contributed by atoms with E-state index in [2.05, 4.69) is 5.32 Å². The van der Waals surface area contributed by atoms with Gasteiger partial charge in [0.2, 0.25) is 0 Å². The van der Waals surface area contributed by atoms with E-state index in [1.54, 1.807) is 51.1 Å². The summed E-state index contributed by atoms with van der Waals surface area (Å²) in [5.41, 5.74) is 3.23.